The molecular weight excluding hydrogens is 288 g/mol. The maximum absolute atomic E-state index is 12.6. The van der Waals surface area contributed by atoms with E-state index in [-0.39, 0.29) is 17.7 Å². The van der Waals surface area contributed by atoms with E-state index in [9.17, 15) is 9.59 Å². The average Bonchev–Trinajstić information content (AvgIpc) is 2.98. The molecule has 0 spiro atoms. The number of hydrogen-bond donors (Lipinski definition) is 1. The zero-order valence-corrected chi connectivity index (χ0v) is 13.4. The van der Waals surface area contributed by atoms with Gasteiger partial charge in [0.2, 0.25) is 5.91 Å². The van der Waals surface area contributed by atoms with Crippen LogP contribution in [0.5, 0.6) is 0 Å². The standard InChI is InChI=1S/C19H20N2O2/c1-13(2)18(22)20-16-8-9-17-15(12-16)10-11-21(17)19(23)14-6-4-3-5-7-14/h3-9,12-13H,10-11H2,1-2H3,(H,20,22). The monoisotopic (exact) mass is 308 g/mol. The van der Waals surface area contributed by atoms with Crippen LogP contribution in [0.15, 0.2) is 48.5 Å². The second-order valence-corrected chi connectivity index (χ2v) is 6.06. The van der Waals surface area contributed by atoms with E-state index in [4.69, 9.17) is 0 Å². The molecule has 0 saturated carbocycles. The van der Waals surface area contributed by atoms with Crippen LogP contribution >= 0.6 is 0 Å². The van der Waals surface area contributed by atoms with Gasteiger partial charge in [-0.25, -0.2) is 0 Å². The Morgan fingerprint density at radius 3 is 2.52 bits per heavy atom. The Kier molecular flexibility index (Phi) is 4.15. The summed E-state index contributed by atoms with van der Waals surface area (Å²) in [5, 5.41) is 2.90. The Bertz CT molecular complexity index is 738. The predicted molar refractivity (Wildman–Crippen MR) is 91.7 cm³/mol. The van der Waals surface area contributed by atoms with Crippen LogP contribution in [0.3, 0.4) is 0 Å². The van der Waals surface area contributed by atoms with Gasteiger partial charge >= 0.3 is 0 Å². The topological polar surface area (TPSA) is 49.4 Å². The predicted octanol–water partition coefficient (Wildman–Crippen LogP) is 3.48. The van der Waals surface area contributed by atoms with E-state index in [1.807, 2.05) is 62.4 Å². The van der Waals surface area contributed by atoms with E-state index in [0.717, 1.165) is 23.4 Å². The molecule has 0 aliphatic carbocycles. The quantitative estimate of drug-likeness (QED) is 0.943. The van der Waals surface area contributed by atoms with Crippen molar-refractivity contribution < 1.29 is 9.59 Å². The minimum Gasteiger partial charge on any atom is -0.326 e. The van der Waals surface area contributed by atoms with Gasteiger partial charge in [-0.3, -0.25) is 9.59 Å². The number of nitrogens with one attached hydrogen (secondary N) is 1. The van der Waals surface area contributed by atoms with Crippen molar-refractivity contribution in [1.82, 2.24) is 0 Å². The highest BCUT2D eigenvalue weighted by molar-refractivity contribution is 6.07. The first-order valence-corrected chi connectivity index (χ1v) is 7.87. The highest BCUT2D eigenvalue weighted by Gasteiger charge is 2.25. The van der Waals surface area contributed by atoms with Crippen molar-refractivity contribution in [3.05, 3.63) is 59.7 Å². The van der Waals surface area contributed by atoms with E-state index >= 15 is 0 Å². The fourth-order valence-electron chi connectivity index (χ4n) is 2.71. The van der Waals surface area contributed by atoms with Gasteiger partial charge in [0.05, 0.1) is 0 Å². The fraction of sp³-hybridized carbons (Fsp3) is 0.263. The highest BCUT2D eigenvalue weighted by atomic mass is 16.2. The van der Waals surface area contributed by atoms with Crippen LogP contribution in [0.2, 0.25) is 0 Å². The molecule has 1 aliphatic rings. The minimum absolute atomic E-state index is 0.000153. The van der Waals surface area contributed by atoms with E-state index in [0.29, 0.717) is 12.1 Å². The van der Waals surface area contributed by atoms with Gasteiger partial charge in [-0.2, -0.15) is 0 Å². The first-order valence-electron chi connectivity index (χ1n) is 7.87. The van der Waals surface area contributed by atoms with E-state index in [1.54, 1.807) is 4.90 Å². The molecule has 0 radical (unpaired) electrons. The van der Waals surface area contributed by atoms with Gasteiger partial charge in [0.15, 0.2) is 0 Å². The highest BCUT2D eigenvalue weighted by Crippen LogP contribution is 2.31. The zero-order chi connectivity index (χ0) is 16.4. The molecule has 0 bridgehead atoms. The van der Waals surface area contributed by atoms with Crippen LogP contribution in [-0.4, -0.2) is 18.4 Å². The molecule has 1 heterocycles. The summed E-state index contributed by atoms with van der Waals surface area (Å²) in [6, 6.07) is 15.0. The molecule has 0 fully saturated rings. The molecule has 2 aromatic carbocycles. The molecule has 0 unspecified atom stereocenters. The summed E-state index contributed by atoms with van der Waals surface area (Å²) < 4.78 is 0. The molecule has 0 aromatic heterocycles. The summed E-state index contributed by atoms with van der Waals surface area (Å²) in [6.45, 7) is 4.40. The van der Waals surface area contributed by atoms with Gasteiger partial charge in [-0.1, -0.05) is 32.0 Å². The lowest BCUT2D eigenvalue weighted by atomic mass is 10.1. The Morgan fingerprint density at radius 1 is 1.09 bits per heavy atom. The van der Waals surface area contributed by atoms with E-state index in [1.165, 1.54) is 0 Å². The molecule has 3 rings (SSSR count). The lowest BCUT2D eigenvalue weighted by Gasteiger charge is -2.18. The van der Waals surface area contributed by atoms with Crippen LogP contribution < -0.4 is 10.2 Å². The molecule has 0 saturated heterocycles. The van der Waals surface area contributed by atoms with Gasteiger partial charge in [0.25, 0.3) is 5.91 Å². The number of anilines is 2. The summed E-state index contributed by atoms with van der Waals surface area (Å²) in [5.74, 6) is -0.0390. The first-order chi connectivity index (χ1) is 11.1. The minimum atomic E-state index is -0.0561. The SMILES string of the molecule is CC(C)C(=O)Nc1ccc2c(c1)CCN2C(=O)c1ccccc1. The summed E-state index contributed by atoms with van der Waals surface area (Å²) in [6.07, 6.45) is 0.805. The maximum Gasteiger partial charge on any atom is 0.258 e. The molecule has 118 valence electrons. The Balaban J connectivity index is 1.81. The molecule has 1 aliphatic heterocycles. The Morgan fingerprint density at radius 2 is 1.83 bits per heavy atom. The zero-order valence-electron chi connectivity index (χ0n) is 13.4. The normalized spacial score (nSPS) is 13.1. The van der Waals surface area contributed by atoms with Gasteiger partial charge in [-0.15, -0.1) is 0 Å². The van der Waals surface area contributed by atoms with Crippen molar-refractivity contribution in [2.45, 2.75) is 20.3 Å². The molecular formula is C19H20N2O2. The number of carbonyl (C=O) groups is 2. The van der Waals surface area contributed by atoms with Crippen molar-refractivity contribution >= 4 is 23.2 Å². The summed E-state index contributed by atoms with van der Waals surface area (Å²) in [5.41, 5.74) is 3.51. The van der Waals surface area contributed by atoms with Crippen molar-refractivity contribution in [2.24, 2.45) is 5.92 Å². The van der Waals surface area contributed by atoms with Crippen LogP contribution in [-0.2, 0) is 11.2 Å². The molecule has 2 aromatic rings. The third-order valence-corrected chi connectivity index (χ3v) is 4.03. The average molecular weight is 308 g/mol. The number of rotatable bonds is 3. The molecule has 0 atom stereocenters. The second kappa shape index (κ2) is 6.24. The van der Waals surface area contributed by atoms with Crippen molar-refractivity contribution in [2.75, 3.05) is 16.8 Å². The smallest absolute Gasteiger partial charge is 0.258 e. The summed E-state index contributed by atoms with van der Waals surface area (Å²) >= 11 is 0. The van der Waals surface area contributed by atoms with Gasteiger partial charge in [-0.05, 0) is 42.3 Å². The molecule has 2 amide bonds. The molecule has 1 N–H and O–H groups in total. The fourth-order valence-corrected chi connectivity index (χ4v) is 2.71. The number of amides is 2. The summed E-state index contributed by atoms with van der Waals surface area (Å²) in [7, 11) is 0. The van der Waals surface area contributed by atoms with Crippen LogP contribution in [0.1, 0.15) is 29.8 Å². The van der Waals surface area contributed by atoms with Gasteiger partial charge in [0, 0.05) is 29.4 Å². The lowest BCUT2D eigenvalue weighted by molar-refractivity contribution is -0.118. The van der Waals surface area contributed by atoms with Crippen LogP contribution in [0.25, 0.3) is 0 Å². The second-order valence-electron chi connectivity index (χ2n) is 6.06. The number of hydrogen-bond acceptors (Lipinski definition) is 2. The number of fused-ring (bicyclic) bond motifs is 1. The third-order valence-electron chi connectivity index (χ3n) is 4.03. The Labute approximate surface area is 136 Å². The van der Waals surface area contributed by atoms with E-state index in [2.05, 4.69) is 5.32 Å². The molecule has 23 heavy (non-hydrogen) atoms. The maximum atomic E-state index is 12.6. The first kappa shape index (κ1) is 15.3. The lowest BCUT2D eigenvalue weighted by Crippen LogP contribution is -2.28. The van der Waals surface area contributed by atoms with Gasteiger partial charge < -0.3 is 10.2 Å². The number of carbonyl (C=O) groups excluding carboxylic acids is 2. The third kappa shape index (κ3) is 3.11. The number of nitrogens with zero attached hydrogens (tertiary/aromatic N) is 1. The van der Waals surface area contributed by atoms with Gasteiger partial charge in [0.1, 0.15) is 0 Å². The molecule has 4 heteroatoms. The summed E-state index contributed by atoms with van der Waals surface area (Å²) in [4.78, 5) is 26.2. The number of benzene rings is 2. The van der Waals surface area contributed by atoms with Crippen LogP contribution in [0, 0.1) is 5.92 Å². The van der Waals surface area contributed by atoms with Crippen molar-refractivity contribution in [3.63, 3.8) is 0 Å². The Hall–Kier alpha value is -2.62. The molecule has 4 nitrogen and oxygen atoms in total. The van der Waals surface area contributed by atoms with Crippen molar-refractivity contribution in [1.29, 1.82) is 0 Å². The van der Waals surface area contributed by atoms with Crippen LogP contribution in [0.4, 0.5) is 11.4 Å². The van der Waals surface area contributed by atoms with Crippen molar-refractivity contribution in [3.8, 4) is 0 Å². The largest absolute Gasteiger partial charge is 0.326 e. The van der Waals surface area contributed by atoms with E-state index < -0.39 is 0 Å².